The first-order chi connectivity index (χ1) is 13.5. The average molecular weight is 416 g/mol. The van der Waals surface area contributed by atoms with Crippen LogP contribution in [-0.2, 0) is 4.74 Å². The minimum absolute atomic E-state index is 0.265. The lowest BCUT2D eigenvalue weighted by Gasteiger charge is -2.09. The summed E-state index contributed by atoms with van der Waals surface area (Å²) >= 11 is 12.2. The minimum atomic E-state index is -0.417. The number of ether oxygens (including phenoxy) is 1. The summed E-state index contributed by atoms with van der Waals surface area (Å²) in [6.45, 7) is 2.03. The van der Waals surface area contributed by atoms with Crippen molar-refractivity contribution in [3.8, 4) is 0 Å². The van der Waals surface area contributed by atoms with Crippen LogP contribution in [0.1, 0.15) is 17.3 Å². The molecule has 0 amide bonds. The fourth-order valence-corrected chi connectivity index (χ4v) is 3.67. The van der Waals surface area contributed by atoms with Gasteiger partial charge in [-0.15, -0.1) is 0 Å². The molecule has 0 fully saturated rings. The lowest BCUT2D eigenvalue weighted by atomic mass is 10.1. The fourth-order valence-electron chi connectivity index (χ4n) is 3.15. The molecule has 0 radical (unpaired) electrons. The number of aromatic nitrogens is 2. The number of aromatic amines is 2. The number of H-pyrrole nitrogens is 2. The molecule has 3 N–H and O–H groups in total. The Morgan fingerprint density at radius 3 is 2.61 bits per heavy atom. The highest BCUT2D eigenvalue weighted by molar-refractivity contribution is 6.35. The summed E-state index contributed by atoms with van der Waals surface area (Å²) < 4.78 is 5.08. The molecule has 28 heavy (non-hydrogen) atoms. The molecular formula is C20H15Cl2N3O3. The molecule has 0 aliphatic heterocycles. The maximum Gasteiger partial charge on any atom is 0.338 e. The monoisotopic (exact) mass is 415 g/mol. The molecule has 0 unspecified atom stereocenters. The van der Waals surface area contributed by atoms with Gasteiger partial charge in [-0.1, -0.05) is 23.2 Å². The molecule has 0 spiro atoms. The van der Waals surface area contributed by atoms with Gasteiger partial charge < -0.3 is 20.0 Å². The second kappa shape index (κ2) is 7.22. The maximum atomic E-state index is 12.3. The molecule has 4 rings (SSSR count). The van der Waals surface area contributed by atoms with Crippen molar-refractivity contribution in [1.29, 1.82) is 0 Å². The van der Waals surface area contributed by atoms with Crippen LogP contribution in [0.25, 0.3) is 21.8 Å². The number of hydrogen-bond donors (Lipinski definition) is 3. The molecule has 0 bridgehead atoms. The van der Waals surface area contributed by atoms with Crippen molar-refractivity contribution in [1.82, 2.24) is 9.97 Å². The van der Waals surface area contributed by atoms with E-state index in [0.29, 0.717) is 37.9 Å². The lowest BCUT2D eigenvalue weighted by molar-refractivity contribution is 0.0526. The van der Waals surface area contributed by atoms with E-state index in [4.69, 9.17) is 27.9 Å². The van der Waals surface area contributed by atoms with Crippen molar-refractivity contribution in [2.45, 2.75) is 6.92 Å². The number of rotatable bonds is 4. The summed E-state index contributed by atoms with van der Waals surface area (Å²) in [6.07, 6.45) is 1.57. The van der Waals surface area contributed by atoms with E-state index in [9.17, 15) is 9.59 Å². The lowest BCUT2D eigenvalue weighted by Crippen LogP contribution is -2.06. The zero-order chi connectivity index (χ0) is 19.8. The Kier molecular flexibility index (Phi) is 4.75. The van der Waals surface area contributed by atoms with Crippen molar-refractivity contribution in [2.75, 3.05) is 11.9 Å². The van der Waals surface area contributed by atoms with Crippen LogP contribution < -0.4 is 10.9 Å². The summed E-state index contributed by atoms with van der Waals surface area (Å²) in [6, 6.07) is 10.2. The quantitative estimate of drug-likeness (QED) is 0.398. The molecule has 2 aromatic carbocycles. The van der Waals surface area contributed by atoms with Crippen LogP contribution in [0.2, 0.25) is 10.0 Å². The molecule has 0 aliphatic rings. The van der Waals surface area contributed by atoms with Gasteiger partial charge >= 0.3 is 5.97 Å². The summed E-state index contributed by atoms with van der Waals surface area (Å²) in [7, 11) is 0. The fraction of sp³-hybridized carbons (Fsp3) is 0.100. The van der Waals surface area contributed by atoms with Gasteiger partial charge in [-0.05, 0) is 43.3 Å². The van der Waals surface area contributed by atoms with Gasteiger partial charge in [-0.25, -0.2) is 4.79 Å². The van der Waals surface area contributed by atoms with Crippen molar-refractivity contribution in [2.24, 2.45) is 0 Å². The maximum absolute atomic E-state index is 12.3. The van der Waals surface area contributed by atoms with Gasteiger partial charge in [0, 0.05) is 38.2 Å². The van der Waals surface area contributed by atoms with E-state index in [2.05, 4.69) is 15.3 Å². The second-order valence-electron chi connectivity index (χ2n) is 6.17. The Morgan fingerprint density at radius 2 is 1.89 bits per heavy atom. The van der Waals surface area contributed by atoms with Gasteiger partial charge in [-0.2, -0.15) is 0 Å². The largest absolute Gasteiger partial charge is 0.462 e. The second-order valence-corrected chi connectivity index (χ2v) is 7.04. The topological polar surface area (TPSA) is 87.0 Å². The van der Waals surface area contributed by atoms with Gasteiger partial charge in [0.2, 0.25) is 0 Å². The molecule has 0 atom stereocenters. The predicted molar refractivity (Wildman–Crippen MR) is 112 cm³/mol. The number of esters is 1. The number of benzene rings is 2. The molecule has 0 saturated carbocycles. The highest BCUT2D eigenvalue weighted by Crippen LogP contribution is 2.33. The zero-order valence-corrected chi connectivity index (χ0v) is 16.2. The third-order valence-corrected chi connectivity index (χ3v) is 4.73. The Labute approximate surface area is 169 Å². The standard InChI is InChI=1S/C20H15Cl2N3O3/c1-2-28-20(27)10-3-4-15-14(5-10)17-16(9-23-19(26)18(17)25-15)24-13-7-11(21)6-12(22)8-13/h3-9,24-25H,2H2,1H3,(H,23,26). The van der Waals surface area contributed by atoms with Gasteiger partial charge in [0.25, 0.3) is 5.56 Å². The van der Waals surface area contributed by atoms with Crippen LogP contribution in [0, 0.1) is 0 Å². The van der Waals surface area contributed by atoms with Crippen molar-refractivity contribution < 1.29 is 9.53 Å². The van der Waals surface area contributed by atoms with Crippen LogP contribution >= 0.6 is 23.2 Å². The van der Waals surface area contributed by atoms with Crippen LogP contribution in [0.15, 0.2) is 47.4 Å². The van der Waals surface area contributed by atoms with Gasteiger partial charge in [0.05, 0.1) is 17.9 Å². The summed E-state index contributed by atoms with van der Waals surface area (Å²) in [4.78, 5) is 30.3. The van der Waals surface area contributed by atoms with E-state index >= 15 is 0 Å². The Balaban J connectivity index is 1.92. The predicted octanol–water partition coefficient (Wildman–Crippen LogP) is 5.24. The van der Waals surface area contributed by atoms with E-state index in [1.165, 1.54) is 0 Å². The highest BCUT2D eigenvalue weighted by Gasteiger charge is 2.15. The third kappa shape index (κ3) is 3.32. The van der Waals surface area contributed by atoms with Crippen LogP contribution in [0.3, 0.4) is 0 Å². The first-order valence-electron chi connectivity index (χ1n) is 8.53. The normalized spacial score (nSPS) is 11.1. The number of carbonyl (C=O) groups excluding carboxylic acids is 1. The smallest absolute Gasteiger partial charge is 0.338 e. The highest BCUT2D eigenvalue weighted by atomic mass is 35.5. The molecule has 0 saturated heterocycles. The average Bonchev–Trinajstić information content (AvgIpc) is 3.03. The van der Waals surface area contributed by atoms with E-state index < -0.39 is 5.97 Å². The minimum Gasteiger partial charge on any atom is -0.462 e. The number of nitrogens with one attached hydrogen (secondary N) is 3. The molecular weight excluding hydrogens is 401 g/mol. The number of anilines is 2. The number of halogens is 2. The van der Waals surface area contributed by atoms with Crippen LogP contribution in [0.4, 0.5) is 11.4 Å². The number of fused-ring (bicyclic) bond motifs is 3. The van der Waals surface area contributed by atoms with Crippen LogP contribution in [-0.4, -0.2) is 22.5 Å². The molecule has 2 heterocycles. The van der Waals surface area contributed by atoms with E-state index in [1.807, 2.05) is 0 Å². The SMILES string of the molecule is CCOC(=O)c1ccc2[nH]c3c(=O)[nH]cc(Nc4cc(Cl)cc(Cl)c4)c3c2c1. The van der Waals surface area contributed by atoms with E-state index in [-0.39, 0.29) is 12.2 Å². The van der Waals surface area contributed by atoms with Crippen molar-refractivity contribution in [3.05, 3.63) is 68.6 Å². The summed E-state index contributed by atoms with van der Waals surface area (Å²) in [5.41, 5.74) is 2.58. The first kappa shape index (κ1) is 18.4. The Hall–Kier alpha value is -2.96. The Morgan fingerprint density at radius 1 is 1.14 bits per heavy atom. The van der Waals surface area contributed by atoms with Gasteiger partial charge in [-0.3, -0.25) is 4.79 Å². The van der Waals surface area contributed by atoms with Crippen LogP contribution in [0.5, 0.6) is 0 Å². The molecule has 2 aromatic heterocycles. The molecule has 8 heteroatoms. The molecule has 142 valence electrons. The zero-order valence-electron chi connectivity index (χ0n) is 14.7. The van der Waals surface area contributed by atoms with Crippen molar-refractivity contribution in [3.63, 3.8) is 0 Å². The molecule has 6 nitrogen and oxygen atoms in total. The van der Waals surface area contributed by atoms with Gasteiger partial charge in [0.1, 0.15) is 5.52 Å². The third-order valence-electron chi connectivity index (χ3n) is 4.30. The van der Waals surface area contributed by atoms with Crippen molar-refractivity contribution >= 4 is 62.4 Å². The molecule has 4 aromatic rings. The number of hydrogen-bond acceptors (Lipinski definition) is 4. The van der Waals surface area contributed by atoms with Gasteiger partial charge in [0.15, 0.2) is 0 Å². The number of carbonyl (C=O) groups is 1. The number of pyridine rings is 1. The van der Waals surface area contributed by atoms with E-state index in [1.54, 1.807) is 49.5 Å². The first-order valence-corrected chi connectivity index (χ1v) is 9.29. The van der Waals surface area contributed by atoms with E-state index in [0.717, 1.165) is 10.9 Å². The summed E-state index contributed by atoms with van der Waals surface area (Å²) in [5, 5.41) is 5.58. The Bertz CT molecular complexity index is 1260. The summed E-state index contributed by atoms with van der Waals surface area (Å²) in [5.74, 6) is -0.417. The molecule has 0 aliphatic carbocycles.